The highest BCUT2D eigenvalue weighted by molar-refractivity contribution is 7.47. The van der Waals surface area contributed by atoms with Crippen molar-refractivity contribution in [3.05, 3.63) is 0 Å². The number of esters is 4. The van der Waals surface area contributed by atoms with E-state index < -0.39 is 97.5 Å². The van der Waals surface area contributed by atoms with Crippen LogP contribution >= 0.6 is 15.6 Å². The zero-order valence-electron chi connectivity index (χ0n) is 67.6. The van der Waals surface area contributed by atoms with E-state index in [0.29, 0.717) is 25.7 Å². The van der Waals surface area contributed by atoms with E-state index in [2.05, 4.69) is 41.5 Å². The number of phosphoric acid groups is 2. The van der Waals surface area contributed by atoms with Gasteiger partial charge in [-0.15, -0.1) is 0 Å². The van der Waals surface area contributed by atoms with Crippen molar-refractivity contribution in [3.63, 3.8) is 0 Å². The first-order chi connectivity index (χ1) is 49.9. The number of carbonyl (C=O) groups is 4. The van der Waals surface area contributed by atoms with Gasteiger partial charge >= 0.3 is 39.5 Å². The van der Waals surface area contributed by atoms with E-state index in [1.54, 1.807) is 0 Å². The second-order valence-electron chi connectivity index (χ2n) is 30.9. The molecule has 0 radical (unpaired) electrons. The van der Waals surface area contributed by atoms with Gasteiger partial charge in [0.2, 0.25) is 0 Å². The van der Waals surface area contributed by atoms with Crippen LogP contribution in [0.1, 0.15) is 446 Å². The molecule has 3 unspecified atom stereocenters. The molecule has 0 aromatic rings. The van der Waals surface area contributed by atoms with Gasteiger partial charge in [-0.1, -0.05) is 395 Å². The lowest BCUT2D eigenvalue weighted by molar-refractivity contribution is -0.161. The summed E-state index contributed by atoms with van der Waals surface area (Å²) in [6, 6.07) is 0. The molecule has 0 rings (SSSR count). The molecule has 0 bridgehead atoms. The van der Waals surface area contributed by atoms with Gasteiger partial charge in [0.1, 0.15) is 19.3 Å². The predicted molar refractivity (Wildman–Crippen MR) is 423 cm³/mol. The average Bonchev–Trinajstić information content (AvgIpc) is 0.918. The zero-order valence-corrected chi connectivity index (χ0v) is 69.4. The maximum Gasteiger partial charge on any atom is 0.472 e. The quantitative estimate of drug-likeness (QED) is 0.0222. The molecule has 17 nitrogen and oxygen atoms in total. The van der Waals surface area contributed by atoms with Crippen LogP contribution in [-0.4, -0.2) is 96.7 Å². The number of unbranched alkanes of at least 4 members (excludes halogenated alkanes) is 52. The summed E-state index contributed by atoms with van der Waals surface area (Å²) in [5.41, 5.74) is 0. The predicted octanol–water partition coefficient (Wildman–Crippen LogP) is 25.5. The fraction of sp³-hybridized carbons (Fsp3) is 0.952. The van der Waals surface area contributed by atoms with Gasteiger partial charge in [0.25, 0.3) is 0 Å². The van der Waals surface area contributed by atoms with Crippen LogP contribution < -0.4 is 0 Å². The number of hydrogen-bond donors (Lipinski definition) is 3. The van der Waals surface area contributed by atoms with Gasteiger partial charge in [0, 0.05) is 25.7 Å². The molecule has 0 fully saturated rings. The highest BCUT2D eigenvalue weighted by atomic mass is 31.2. The number of ether oxygens (including phenoxy) is 4. The van der Waals surface area contributed by atoms with Gasteiger partial charge in [-0.25, -0.2) is 9.13 Å². The van der Waals surface area contributed by atoms with Crippen LogP contribution in [0.2, 0.25) is 0 Å². The largest absolute Gasteiger partial charge is 0.472 e. The normalized spacial score (nSPS) is 14.1. The SMILES string of the molecule is CCCCCCCCCCCCCCCCCCCCC(=O)OC[C@H](COP(=O)(O)OC[C@@H](O)COP(=O)(O)OC[C@@H](COC(=O)CCCCCCCCCCCCC(C)C)OC(=O)CCCCCCCCCCCCCCCC)OC(=O)CCCCCCCCCCCCCCCCC(C)CC. The van der Waals surface area contributed by atoms with Gasteiger partial charge in [-0.3, -0.25) is 37.3 Å². The molecule has 6 atom stereocenters. The molecule has 3 N–H and O–H groups in total. The van der Waals surface area contributed by atoms with E-state index in [4.69, 9.17) is 37.0 Å². The average molecular weight is 1510 g/mol. The summed E-state index contributed by atoms with van der Waals surface area (Å²) in [4.78, 5) is 73.2. The Labute approximate surface area is 632 Å². The Morgan fingerprint density at radius 3 is 0.738 bits per heavy atom. The van der Waals surface area contributed by atoms with Crippen molar-refractivity contribution in [3.8, 4) is 0 Å². The summed E-state index contributed by atoms with van der Waals surface area (Å²) in [5, 5.41) is 10.7. The molecular formula is C84H164O17P2. The molecule has 0 aliphatic carbocycles. The molecule has 103 heavy (non-hydrogen) atoms. The minimum atomic E-state index is -4.96. The molecule has 612 valence electrons. The first-order valence-electron chi connectivity index (χ1n) is 43.5. The Hall–Kier alpha value is -1.94. The number of carbonyl (C=O) groups excluding carboxylic acids is 4. The maximum absolute atomic E-state index is 13.1. The Morgan fingerprint density at radius 2 is 0.495 bits per heavy atom. The lowest BCUT2D eigenvalue weighted by Crippen LogP contribution is -2.30. The fourth-order valence-electron chi connectivity index (χ4n) is 13.0. The van der Waals surface area contributed by atoms with Gasteiger partial charge < -0.3 is 33.8 Å². The third-order valence-corrected chi connectivity index (χ3v) is 22.0. The zero-order chi connectivity index (χ0) is 75.6. The summed E-state index contributed by atoms with van der Waals surface area (Å²) in [6.07, 6.45) is 66.4. The highest BCUT2D eigenvalue weighted by Gasteiger charge is 2.30. The summed E-state index contributed by atoms with van der Waals surface area (Å²) in [7, 11) is -9.93. The van der Waals surface area contributed by atoms with E-state index in [9.17, 15) is 43.2 Å². The van der Waals surface area contributed by atoms with Gasteiger partial charge in [-0.05, 0) is 37.5 Å². The van der Waals surface area contributed by atoms with E-state index in [1.807, 2.05) is 0 Å². The lowest BCUT2D eigenvalue weighted by atomic mass is 9.99. The third kappa shape index (κ3) is 76.6. The summed E-state index contributed by atoms with van der Waals surface area (Å²) < 4.78 is 68.9. The lowest BCUT2D eigenvalue weighted by Gasteiger charge is -2.21. The molecule has 0 aromatic heterocycles. The van der Waals surface area contributed by atoms with Crippen molar-refractivity contribution >= 4 is 39.5 Å². The number of aliphatic hydroxyl groups excluding tert-OH is 1. The van der Waals surface area contributed by atoms with Crippen molar-refractivity contribution in [1.82, 2.24) is 0 Å². The number of phosphoric ester groups is 2. The van der Waals surface area contributed by atoms with Crippen molar-refractivity contribution in [2.45, 2.75) is 464 Å². The van der Waals surface area contributed by atoms with Crippen LogP contribution in [0.25, 0.3) is 0 Å². The molecule has 0 aliphatic rings. The second-order valence-corrected chi connectivity index (χ2v) is 33.8. The number of hydrogen-bond acceptors (Lipinski definition) is 15. The molecule has 0 aromatic carbocycles. The smallest absolute Gasteiger partial charge is 0.462 e. The first kappa shape index (κ1) is 101. The van der Waals surface area contributed by atoms with Crippen LogP contribution in [0, 0.1) is 11.8 Å². The fourth-order valence-corrected chi connectivity index (χ4v) is 14.6. The maximum atomic E-state index is 13.1. The molecule has 0 aliphatic heterocycles. The first-order valence-corrected chi connectivity index (χ1v) is 46.5. The van der Waals surface area contributed by atoms with Crippen LogP contribution in [0.15, 0.2) is 0 Å². The molecule has 0 heterocycles. The monoisotopic (exact) mass is 1510 g/mol. The molecule has 0 amide bonds. The van der Waals surface area contributed by atoms with Crippen LogP contribution in [0.4, 0.5) is 0 Å². The summed E-state index contributed by atoms with van der Waals surface area (Å²) in [6.45, 7) is 9.71. The van der Waals surface area contributed by atoms with Crippen molar-refractivity contribution in [2.75, 3.05) is 39.6 Å². The molecule has 19 heteroatoms. The topological polar surface area (TPSA) is 237 Å². The minimum absolute atomic E-state index is 0.108. The van der Waals surface area contributed by atoms with Crippen molar-refractivity contribution in [1.29, 1.82) is 0 Å². The van der Waals surface area contributed by atoms with E-state index in [-0.39, 0.29) is 25.7 Å². The van der Waals surface area contributed by atoms with Crippen LogP contribution in [-0.2, 0) is 65.4 Å². The second kappa shape index (κ2) is 75.5. The molecule has 0 saturated carbocycles. The third-order valence-electron chi connectivity index (χ3n) is 20.1. The molecular weight excluding hydrogens is 1340 g/mol. The molecule has 0 spiro atoms. The van der Waals surface area contributed by atoms with Gasteiger partial charge in [-0.2, -0.15) is 0 Å². The summed E-state index contributed by atoms with van der Waals surface area (Å²) >= 11 is 0. The Bertz CT molecular complexity index is 1980. The Balaban J connectivity index is 5.27. The number of aliphatic hydroxyl groups is 1. The van der Waals surface area contributed by atoms with E-state index in [0.717, 1.165) is 102 Å². The van der Waals surface area contributed by atoms with Crippen molar-refractivity contribution in [2.24, 2.45) is 11.8 Å². The standard InChI is InChI=1S/C84H164O17P2/c1-7-10-12-14-16-18-20-22-24-25-26-27-32-35-42-48-54-60-66-81(86)94-72-79(100-84(89)69-63-57-51-45-37-33-29-28-30-34-41-47-53-59-65-77(6)9-3)74-98-102(90,91)96-70-78(85)71-97-103(92,93)99-75-80(73-95-82(87)67-61-55-49-43-39-38-40-46-52-58-64-76(4)5)101-83(88)68-62-56-50-44-36-31-23-21-19-17-15-13-11-8-2/h76-80,85H,7-75H2,1-6H3,(H,90,91)(H,92,93)/t77?,78-,79-,80-/m1/s1. The van der Waals surface area contributed by atoms with Gasteiger partial charge in [0.15, 0.2) is 12.2 Å². The summed E-state index contributed by atoms with van der Waals surface area (Å²) in [5.74, 6) is -0.498. The van der Waals surface area contributed by atoms with E-state index in [1.165, 1.54) is 263 Å². The Morgan fingerprint density at radius 1 is 0.282 bits per heavy atom. The van der Waals surface area contributed by atoms with Crippen LogP contribution in [0.3, 0.4) is 0 Å². The number of rotatable bonds is 83. The Kier molecular flexibility index (Phi) is 74.1. The highest BCUT2D eigenvalue weighted by Crippen LogP contribution is 2.45. The van der Waals surface area contributed by atoms with Gasteiger partial charge in [0.05, 0.1) is 26.4 Å². The van der Waals surface area contributed by atoms with E-state index >= 15 is 0 Å². The minimum Gasteiger partial charge on any atom is -0.462 e. The van der Waals surface area contributed by atoms with Crippen LogP contribution in [0.5, 0.6) is 0 Å². The molecule has 0 saturated heterocycles. The van der Waals surface area contributed by atoms with Crippen molar-refractivity contribution < 1.29 is 80.2 Å².